The molecule has 1 aromatic carbocycles. The van der Waals surface area contributed by atoms with E-state index in [0.717, 1.165) is 31.8 Å². The van der Waals surface area contributed by atoms with Gasteiger partial charge in [-0.1, -0.05) is 29.4 Å². The minimum absolute atomic E-state index is 0.141. The molecule has 0 saturated heterocycles. The normalized spacial score (nSPS) is 11.3. The second-order valence-corrected chi connectivity index (χ2v) is 7.36. The first-order chi connectivity index (χ1) is 12.5. The van der Waals surface area contributed by atoms with Crippen molar-refractivity contribution < 1.29 is 4.52 Å². The molecule has 0 atom stereocenters. The molecule has 26 heavy (non-hydrogen) atoms. The molecule has 0 spiro atoms. The molecule has 3 aromatic heterocycles. The summed E-state index contributed by atoms with van der Waals surface area (Å²) in [6, 6.07) is 7.67. The highest BCUT2D eigenvalue weighted by atomic mass is 32.1. The Balaban J connectivity index is 1.82. The molecule has 0 aliphatic rings. The highest BCUT2D eigenvalue weighted by molar-refractivity contribution is 7.18. The molecule has 7 nitrogen and oxygen atoms in total. The van der Waals surface area contributed by atoms with E-state index in [4.69, 9.17) is 10.3 Å². The molecule has 0 radical (unpaired) electrons. The molecular formula is C18H17N5O2S. The Morgan fingerprint density at radius 3 is 2.73 bits per heavy atom. The number of nitrogens with zero attached hydrogens (tertiary/aromatic N) is 4. The van der Waals surface area contributed by atoms with E-state index in [0.29, 0.717) is 17.5 Å². The molecule has 2 N–H and O–H groups in total. The van der Waals surface area contributed by atoms with Crippen molar-refractivity contribution in [2.45, 2.75) is 27.3 Å². The Morgan fingerprint density at radius 1 is 1.19 bits per heavy atom. The van der Waals surface area contributed by atoms with E-state index in [2.05, 4.69) is 15.1 Å². The third-order valence-electron chi connectivity index (χ3n) is 4.47. The molecule has 0 saturated carbocycles. The van der Waals surface area contributed by atoms with Crippen LogP contribution < -0.4 is 11.5 Å². The highest BCUT2D eigenvalue weighted by Crippen LogP contribution is 2.32. The number of hydrogen-bond acceptors (Lipinski definition) is 7. The van der Waals surface area contributed by atoms with Crippen LogP contribution >= 0.6 is 11.3 Å². The van der Waals surface area contributed by atoms with Crippen molar-refractivity contribution in [2.75, 3.05) is 5.73 Å². The average molecular weight is 367 g/mol. The van der Waals surface area contributed by atoms with E-state index >= 15 is 0 Å². The molecule has 0 aliphatic carbocycles. The van der Waals surface area contributed by atoms with Gasteiger partial charge in [0.15, 0.2) is 11.6 Å². The van der Waals surface area contributed by atoms with E-state index in [9.17, 15) is 4.79 Å². The lowest BCUT2D eigenvalue weighted by Crippen LogP contribution is -2.18. The lowest BCUT2D eigenvalue weighted by molar-refractivity contribution is 0.377. The van der Waals surface area contributed by atoms with Crippen molar-refractivity contribution in [3.63, 3.8) is 0 Å². The van der Waals surface area contributed by atoms with E-state index in [-0.39, 0.29) is 6.54 Å². The molecule has 0 fully saturated rings. The number of nitrogen functional groups attached to an aromatic ring is 1. The summed E-state index contributed by atoms with van der Waals surface area (Å²) in [5.41, 5.74) is 9.06. The van der Waals surface area contributed by atoms with Gasteiger partial charge in [0.2, 0.25) is 0 Å². The number of anilines is 1. The summed E-state index contributed by atoms with van der Waals surface area (Å²) in [6.45, 7) is 6.13. The zero-order valence-corrected chi connectivity index (χ0v) is 15.4. The molecule has 0 aliphatic heterocycles. The van der Waals surface area contributed by atoms with Crippen LogP contribution in [0, 0.1) is 20.8 Å². The fraction of sp³-hybridized carbons (Fsp3) is 0.222. The standard InChI is InChI=1S/C18H17N5O2S/c1-9-6-4-5-7-12(9)16-22-25-18(24)23(16)8-13-20-15(19)14-10(2)11(3)26-17(14)21-13/h4-7H,8H2,1-3H3,(H2,19,20,21). The summed E-state index contributed by atoms with van der Waals surface area (Å²) in [5.74, 6) is 0.781. The van der Waals surface area contributed by atoms with Crippen LogP contribution in [0.5, 0.6) is 0 Å². The topological polar surface area (TPSA) is 99.8 Å². The van der Waals surface area contributed by atoms with Crippen LogP contribution in [-0.4, -0.2) is 19.7 Å². The summed E-state index contributed by atoms with van der Waals surface area (Å²) in [5, 5.41) is 4.82. The lowest BCUT2D eigenvalue weighted by Gasteiger charge is -2.07. The first-order valence-electron chi connectivity index (χ1n) is 8.10. The predicted octanol–water partition coefficient (Wildman–Crippen LogP) is 3.06. The Bertz CT molecular complexity index is 1190. The van der Waals surface area contributed by atoms with Crippen LogP contribution in [-0.2, 0) is 6.54 Å². The van der Waals surface area contributed by atoms with E-state index in [1.54, 1.807) is 11.3 Å². The number of benzene rings is 1. The first-order valence-corrected chi connectivity index (χ1v) is 8.92. The fourth-order valence-electron chi connectivity index (χ4n) is 2.96. The third-order valence-corrected chi connectivity index (χ3v) is 5.58. The maximum Gasteiger partial charge on any atom is 0.442 e. The van der Waals surface area contributed by atoms with E-state index in [1.807, 2.05) is 45.0 Å². The zero-order valence-electron chi connectivity index (χ0n) is 14.6. The van der Waals surface area contributed by atoms with E-state index < -0.39 is 5.76 Å². The monoisotopic (exact) mass is 367 g/mol. The third kappa shape index (κ3) is 2.59. The molecule has 4 rings (SSSR count). The number of fused-ring (bicyclic) bond motifs is 1. The first kappa shape index (κ1) is 16.5. The Labute approximate surface area is 153 Å². The van der Waals surface area contributed by atoms with Gasteiger partial charge in [0.05, 0.1) is 11.9 Å². The number of hydrogen-bond donors (Lipinski definition) is 1. The smallest absolute Gasteiger partial charge is 0.383 e. The van der Waals surface area contributed by atoms with Gasteiger partial charge in [-0.05, 0) is 31.9 Å². The second-order valence-electron chi connectivity index (χ2n) is 6.16. The summed E-state index contributed by atoms with van der Waals surface area (Å²) in [4.78, 5) is 23.1. The highest BCUT2D eigenvalue weighted by Gasteiger charge is 2.18. The van der Waals surface area contributed by atoms with Gasteiger partial charge >= 0.3 is 5.76 Å². The quantitative estimate of drug-likeness (QED) is 0.597. The average Bonchev–Trinajstić information content (AvgIpc) is 3.09. The van der Waals surface area contributed by atoms with Crippen LogP contribution in [0.15, 0.2) is 33.6 Å². The summed E-state index contributed by atoms with van der Waals surface area (Å²) in [6.07, 6.45) is 0. The Hall–Kier alpha value is -3.00. The minimum Gasteiger partial charge on any atom is -0.383 e. The van der Waals surface area contributed by atoms with Crippen LogP contribution in [0.25, 0.3) is 21.6 Å². The van der Waals surface area contributed by atoms with Crippen molar-refractivity contribution in [3.8, 4) is 11.4 Å². The van der Waals surface area contributed by atoms with Crippen LogP contribution in [0.3, 0.4) is 0 Å². The Morgan fingerprint density at radius 2 is 1.96 bits per heavy atom. The van der Waals surface area contributed by atoms with Crippen molar-refractivity contribution in [2.24, 2.45) is 0 Å². The van der Waals surface area contributed by atoms with Crippen LogP contribution in [0.1, 0.15) is 21.8 Å². The van der Waals surface area contributed by atoms with Crippen LogP contribution in [0.2, 0.25) is 0 Å². The molecule has 0 unspecified atom stereocenters. The van der Waals surface area contributed by atoms with Gasteiger partial charge in [0.1, 0.15) is 10.6 Å². The number of thiophene rings is 1. The Kier molecular flexibility index (Phi) is 3.84. The van der Waals surface area contributed by atoms with Crippen molar-refractivity contribution in [3.05, 3.63) is 56.6 Å². The van der Waals surface area contributed by atoms with Crippen LogP contribution in [0.4, 0.5) is 5.82 Å². The van der Waals surface area contributed by atoms with Gasteiger partial charge in [0.25, 0.3) is 0 Å². The lowest BCUT2D eigenvalue weighted by atomic mass is 10.1. The summed E-state index contributed by atoms with van der Waals surface area (Å²) in [7, 11) is 0. The number of rotatable bonds is 3. The maximum atomic E-state index is 12.2. The summed E-state index contributed by atoms with van der Waals surface area (Å²) < 4.78 is 6.32. The van der Waals surface area contributed by atoms with Crippen molar-refractivity contribution in [1.82, 2.24) is 19.7 Å². The summed E-state index contributed by atoms with van der Waals surface area (Å²) >= 11 is 1.57. The molecule has 4 aromatic rings. The zero-order chi connectivity index (χ0) is 18.4. The maximum absolute atomic E-state index is 12.2. The molecule has 0 bridgehead atoms. The van der Waals surface area contributed by atoms with Gasteiger partial charge in [-0.3, -0.25) is 4.52 Å². The number of aromatic nitrogens is 4. The molecule has 3 heterocycles. The second kappa shape index (κ2) is 6.06. The largest absolute Gasteiger partial charge is 0.442 e. The van der Waals surface area contributed by atoms with Crippen molar-refractivity contribution in [1.29, 1.82) is 0 Å². The SMILES string of the molecule is Cc1ccccc1-c1noc(=O)n1Cc1nc(N)c2c(C)c(C)sc2n1. The van der Waals surface area contributed by atoms with Gasteiger partial charge in [-0.15, -0.1) is 11.3 Å². The van der Waals surface area contributed by atoms with E-state index in [1.165, 1.54) is 4.57 Å². The predicted molar refractivity (Wildman–Crippen MR) is 101 cm³/mol. The van der Waals surface area contributed by atoms with Gasteiger partial charge in [0, 0.05) is 10.4 Å². The van der Waals surface area contributed by atoms with Crippen molar-refractivity contribution >= 4 is 27.4 Å². The van der Waals surface area contributed by atoms with Gasteiger partial charge in [-0.2, -0.15) is 0 Å². The minimum atomic E-state index is -0.552. The molecule has 8 heteroatoms. The molecular weight excluding hydrogens is 350 g/mol. The van der Waals surface area contributed by atoms with Gasteiger partial charge in [-0.25, -0.2) is 19.3 Å². The van der Waals surface area contributed by atoms with Gasteiger partial charge < -0.3 is 5.73 Å². The number of aryl methyl sites for hydroxylation is 3. The molecule has 132 valence electrons. The fourth-order valence-corrected chi connectivity index (χ4v) is 4.02. The number of nitrogens with two attached hydrogens (primary N) is 1. The molecule has 0 amide bonds.